The molecule has 0 aliphatic rings. The SMILES string of the molecule is Cc1ccccc1NC(=O)CN(C)Cc1cnn(-c2ccccc2)c1. The molecule has 0 unspecified atom stereocenters. The van der Waals surface area contributed by atoms with Crippen molar-refractivity contribution in [3.05, 3.63) is 78.1 Å². The molecule has 0 bridgehead atoms. The maximum atomic E-state index is 12.2. The van der Waals surface area contributed by atoms with Gasteiger partial charge in [0.05, 0.1) is 18.4 Å². The zero-order chi connectivity index (χ0) is 17.6. The number of hydrogen-bond donors (Lipinski definition) is 1. The molecule has 0 saturated heterocycles. The predicted octanol–water partition coefficient (Wildman–Crippen LogP) is 3.25. The molecule has 5 nitrogen and oxygen atoms in total. The summed E-state index contributed by atoms with van der Waals surface area (Å²) in [5.41, 5.74) is 4.00. The van der Waals surface area contributed by atoms with Crippen LogP contribution in [-0.2, 0) is 11.3 Å². The van der Waals surface area contributed by atoms with E-state index in [0.717, 1.165) is 22.5 Å². The van der Waals surface area contributed by atoms with Crippen LogP contribution in [-0.4, -0.2) is 34.2 Å². The number of hydrogen-bond acceptors (Lipinski definition) is 3. The highest BCUT2D eigenvalue weighted by atomic mass is 16.2. The Morgan fingerprint density at radius 2 is 1.84 bits per heavy atom. The van der Waals surface area contributed by atoms with Crippen LogP contribution in [0.25, 0.3) is 5.69 Å². The van der Waals surface area contributed by atoms with E-state index in [1.54, 1.807) is 0 Å². The van der Waals surface area contributed by atoms with Gasteiger partial charge in [-0.25, -0.2) is 4.68 Å². The van der Waals surface area contributed by atoms with E-state index in [4.69, 9.17) is 0 Å². The van der Waals surface area contributed by atoms with Crippen LogP contribution in [0.5, 0.6) is 0 Å². The minimum atomic E-state index is -0.0211. The fourth-order valence-electron chi connectivity index (χ4n) is 2.68. The fourth-order valence-corrected chi connectivity index (χ4v) is 2.68. The first kappa shape index (κ1) is 16.9. The third-order valence-corrected chi connectivity index (χ3v) is 3.94. The van der Waals surface area contributed by atoms with E-state index in [9.17, 15) is 4.79 Å². The molecule has 0 aliphatic carbocycles. The molecule has 0 saturated carbocycles. The minimum absolute atomic E-state index is 0.0211. The Balaban J connectivity index is 1.56. The Hall–Kier alpha value is -2.92. The van der Waals surface area contributed by atoms with Gasteiger partial charge in [-0.1, -0.05) is 36.4 Å². The first-order valence-electron chi connectivity index (χ1n) is 8.25. The molecule has 0 atom stereocenters. The molecule has 3 rings (SSSR count). The van der Waals surface area contributed by atoms with Crippen molar-refractivity contribution < 1.29 is 4.79 Å². The lowest BCUT2D eigenvalue weighted by Gasteiger charge is -2.16. The van der Waals surface area contributed by atoms with E-state index in [-0.39, 0.29) is 5.91 Å². The number of amides is 1. The third-order valence-electron chi connectivity index (χ3n) is 3.94. The third kappa shape index (κ3) is 4.55. The molecule has 0 radical (unpaired) electrons. The summed E-state index contributed by atoms with van der Waals surface area (Å²) in [5, 5.41) is 7.34. The van der Waals surface area contributed by atoms with E-state index in [1.165, 1.54) is 0 Å². The monoisotopic (exact) mass is 334 g/mol. The lowest BCUT2D eigenvalue weighted by molar-refractivity contribution is -0.117. The molecule has 0 fully saturated rings. The lowest BCUT2D eigenvalue weighted by Crippen LogP contribution is -2.29. The van der Waals surface area contributed by atoms with Crippen LogP contribution in [0.15, 0.2) is 67.0 Å². The molecule has 1 amide bonds. The lowest BCUT2D eigenvalue weighted by atomic mass is 10.2. The van der Waals surface area contributed by atoms with Gasteiger partial charge < -0.3 is 5.32 Å². The summed E-state index contributed by atoms with van der Waals surface area (Å²) in [6.07, 6.45) is 3.83. The number of para-hydroxylation sites is 2. The number of anilines is 1. The smallest absolute Gasteiger partial charge is 0.238 e. The molecule has 0 aliphatic heterocycles. The average molecular weight is 334 g/mol. The molecular formula is C20H22N4O. The zero-order valence-electron chi connectivity index (χ0n) is 14.5. The van der Waals surface area contributed by atoms with Gasteiger partial charge in [-0.05, 0) is 37.7 Å². The predicted molar refractivity (Wildman–Crippen MR) is 99.7 cm³/mol. The summed E-state index contributed by atoms with van der Waals surface area (Å²) in [5.74, 6) is -0.0211. The van der Waals surface area contributed by atoms with Crippen molar-refractivity contribution >= 4 is 11.6 Å². The van der Waals surface area contributed by atoms with Crippen LogP contribution in [0, 0.1) is 6.92 Å². The molecule has 0 spiro atoms. The van der Waals surface area contributed by atoms with Crippen LogP contribution in [0.4, 0.5) is 5.69 Å². The van der Waals surface area contributed by atoms with Crippen molar-refractivity contribution in [2.75, 3.05) is 18.9 Å². The highest BCUT2D eigenvalue weighted by Gasteiger charge is 2.10. The van der Waals surface area contributed by atoms with Crippen molar-refractivity contribution in [2.24, 2.45) is 0 Å². The van der Waals surface area contributed by atoms with Crippen molar-refractivity contribution in [1.82, 2.24) is 14.7 Å². The topological polar surface area (TPSA) is 50.2 Å². The molecule has 1 N–H and O–H groups in total. The van der Waals surface area contributed by atoms with Crippen LogP contribution >= 0.6 is 0 Å². The standard InChI is InChI=1S/C20H22N4O/c1-16-8-6-7-11-19(16)22-20(25)15-23(2)13-17-12-21-24(14-17)18-9-4-3-5-10-18/h3-12,14H,13,15H2,1-2H3,(H,22,25). The van der Waals surface area contributed by atoms with Crippen molar-refractivity contribution in [1.29, 1.82) is 0 Å². The van der Waals surface area contributed by atoms with Gasteiger partial charge in [-0.3, -0.25) is 9.69 Å². The summed E-state index contributed by atoms with van der Waals surface area (Å²) in [6.45, 7) is 2.97. The van der Waals surface area contributed by atoms with Crippen LogP contribution in [0.3, 0.4) is 0 Å². The second-order valence-corrected chi connectivity index (χ2v) is 6.16. The largest absolute Gasteiger partial charge is 0.325 e. The van der Waals surface area contributed by atoms with Crippen molar-refractivity contribution in [3.8, 4) is 5.69 Å². The summed E-state index contributed by atoms with van der Waals surface area (Å²) in [4.78, 5) is 14.2. The number of aromatic nitrogens is 2. The average Bonchev–Trinajstić information content (AvgIpc) is 3.06. The van der Waals surface area contributed by atoms with Crippen molar-refractivity contribution in [2.45, 2.75) is 13.5 Å². The number of nitrogens with zero attached hydrogens (tertiary/aromatic N) is 3. The summed E-state index contributed by atoms with van der Waals surface area (Å²) < 4.78 is 1.84. The van der Waals surface area contributed by atoms with Crippen LogP contribution < -0.4 is 5.32 Å². The Bertz CT molecular complexity index is 842. The highest BCUT2D eigenvalue weighted by molar-refractivity contribution is 5.92. The number of rotatable bonds is 6. The summed E-state index contributed by atoms with van der Waals surface area (Å²) >= 11 is 0. The number of benzene rings is 2. The van der Waals surface area contributed by atoms with Crippen molar-refractivity contribution in [3.63, 3.8) is 0 Å². The minimum Gasteiger partial charge on any atom is -0.325 e. The number of carbonyl (C=O) groups is 1. The number of likely N-dealkylation sites (N-methyl/N-ethyl adjacent to an activating group) is 1. The molecule has 1 heterocycles. The normalized spacial score (nSPS) is 10.8. The quantitative estimate of drug-likeness (QED) is 0.753. The molecule has 2 aromatic carbocycles. The zero-order valence-corrected chi connectivity index (χ0v) is 14.5. The van der Waals surface area contributed by atoms with Gasteiger partial charge >= 0.3 is 0 Å². The molecule has 3 aromatic rings. The van der Waals surface area contributed by atoms with Crippen LogP contribution in [0.1, 0.15) is 11.1 Å². The number of carbonyl (C=O) groups excluding carboxylic acids is 1. The molecule has 5 heteroatoms. The second-order valence-electron chi connectivity index (χ2n) is 6.16. The van der Waals surface area contributed by atoms with Gasteiger partial charge in [0, 0.05) is 24.0 Å². The number of nitrogens with one attached hydrogen (secondary N) is 1. The van der Waals surface area contributed by atoms with Gasteiger partial charge in [0.25, 0.3) is 0 Å². The number of aryl methyl sites for hydroxylation is 1. The Morgan fingerprint density at radius 1 is 1.12 bits per heavy atom. The fraction of sp³-hybridized carbons (Fsp3) is 0.200. The van der Waals surface area contributed by atoms with E-state index in [1.807, 2.05) is 90.5 Å². The first-order valence-corrected chi connectivity index (χ1v) is 8.25. The van der Waals surface area contributed by atoms with E-state index >= 15 is 0 Å². The maximum absolute atomic E-state index is 12.2. The Kier molecular flexibility index (Phi) is 5.26. The highest BCUT2D eigenvalue weighted by Crippen LogP contribution is 2.13. The Morgan fingerprint density at radius 3 is 2.60 bits per heavy atom. The Labute approximate surface area is 147 Å². The van der Waals surface area contributed by atoms with Gasteiger partial charge in [-0.15, -0.1) is 0 Å². The first-order chi connectivity index (χ1) is 12.1. The molecule has 25 heavy (non-hydrogen) atoms. The van der Waals surface area contributed by atoms with E-state index in [0.29, 0.717) is 13.1 Å². The summed E-state index contributed by atoms with van der Waals surface area (Å²) in [7, 11) is 1.93. The summed E-state index contributed by atoms with van der Waals surface area (Å²) in [6, 6.07) is 17.7. The second kappa shape index (κ2) is 7.77. The van der Waals surface area contributed by atoms with E-state index in [2.05, 4.69) is 10.4 Å². The maximum Gasteiger partial charge on any atom is 0.238 e. The molecular weight excluding hydrogens is 312 g/mol. The van der Waals surface area contributed by atoms with Gasteiger partial charge in [0.2, 0.25) is 5.91 Å². The molecule has 1 aromatic heterocycles. The van der Waals surface area contributed by atoms with Gasteiger partial charge in [-0.2, -0.15) is 5.10 Å². The molecule has 128 valence electrons. The van der Waals surface area contributed by atoms with Gasteiger partial charge in [0.15, 0.2) is 0 Å². The van der Waals surface area contributed by atoms with Crippen LogP contribution in [0.2, 0.25) is 0 Å². The van der Waals surface area contributed by atoms with Gasteiger partial charge in [0.1, 0.15) is 0 Å². The van der Waals surface area contributed by atoms with E-state index < -0.39 is 0 Å².